The Kier molecular flexibility index (Phi) is 4.68. The zero-order valence-corrected chi connectivity index (χ0v) is 9.68. The van der Waals surface area contributed by atoms with E-state index in [1.54, 1.807) is 11.8 Å². The van der Waals surface area contributed by atoms with Gasteiger partial charge in [-0.15, -0.1) is 0 Å². The Labute approximate surface area is 99.3 Å². The van der Waals surface area contributed by atoms with Crippen LogP contribution in [0.5, 0.6) is 0 Å². The quantitative estimate of drug-likeness (QED) is 0.664. The van der Waals surface area contributed by atoms with Crippen LogP contribution in [-0.4, -0.2) is 46.9 Å². The average Bonchev–Trinajstić information content (AvgIpc) is 2.78. The predicted octanol–water partition coefficient (Wildman–Crippen LogP) is -0.246. The van der Waals surface area contributed by atoms with Crippen LogP contribution in [0.4, 0.5) is 0 Å². The van der Waals surface area contributed by atoms with Gasteiger partial charge in [0.25, 0.3) is 0 Å². The molecule has 1 aliphatic rings. The lowest BCUT2D eigenvalue weighted by molar-refractivity contribution is -0.134. The molecule has 1 atom stereocenters. The van der Waals surface area contributed by atoms with Gasteiger partial charge in [0, 0.05) is 25.2 Å². The number of carbonyl (C=O) groups excluding carboxylic acids is 2. The summed E-state index contributed by atoms with van der Waals surface area (Å²) in [4.78, 5) is 34.9. The summed E-state index contributed by atoms with van der Waals surface area (Å²) in [5, 5.41) is 10.8. The average molecular weight is 240 g/mol. The van der Waals surface area contributed by atoms with E-state index < -0.39 is 17.9 Å². The van der Waals surface area contributed by atoms with Gasteiger partial charge >= 0.3 is 5.97 Å². The van der Waals surface area contributed by atoms with Crippen molar-refractivity contribution < 1.29 is 19.5 Å². The number of likely N-dealkylation sites (tertiary alicyclic amines) is 1. The third-order valence-electron chi connectivity index (χ3n) is 2.52. The Morgan fingerprint density at radius 2 is 1.82 bits per heavy atom. The molecule has 1 fully saturated rings. The van der Waals surface area contributed by atoms with Crippen molar-refractivity contribution >= 4 is 17.8 Å². The van der Waals surface area contributed by atoms with Crippen LogP contribution in [0.15, 0.2) is 12.2 Å². The molecule has 6 nitrogen and oxygen atoms in total. The molecular formula is C11H16N2O4. The summed E-state index contributed by atoms with van der Waals surface area (Å²) in [5.41, 5.74) is 0. The molecule has 0 aromatic heterocycles. The van der Waals surface area contributed by atoms with Crippen LogP contribution in [0.25, 0.3) is 0 Å². The Balaban J connectivity index is 2.42. The van der Waals surface area contributed by atoms with Gasteiger partial charge in [0.2, 0.25) is 11.8 Å². The lowest BCUT2D eigenvalue weighted by Gasteiger charge is -2.20. The van der Waals surface area contributed by atoms with E-state index in [4.69, 9.17) is 5.11 Å². The molecule has 94 valence electrons. The first kappa shape index (κ1) is 13.2. The van der Waals surface area contributed by atoms with Crippen molar-refractivity contribution in [3.63, 3.8) is 0 Å². The molecule has 0 aliphatic carbocycles. The van der Waals surface area contributed by atoms with Gasteiger partial charge in [0.15, 0.2) is 0 Å². The molecule has 1 aliphatic heterocycles. The summed E-state index contributed by atoms with van der Waals surface area (Å²) in [5.74, 6) is -1.90. The van der Waals surface area contributed by atoms with Crippen molar-refractivity contribution in [1.29, 1.82) is 0 Å². The highest BCUT2D eigenvalue weighted by atomic mass is 16.4. The lowest BCUT2D eigenvalue weighted by atomic mass is 10.3. The molecule has 0 saturated carbocycles. The van der Waals surface area contributed by atoms with E-state index >= 15 is 0 Å². The van der Waals surface area contributed by atoms with Crippen molar-refractivity contribution in [3.05, 3.63) is 12.2 Å². The summed E-state index contributed by atoms with van der Waals surface area (Å²) < 4.78 is 0. The van der Waals surface area contributed by atoms with Gasteiger partial charge in [-0.2, -0.15) is 0 Å². The third kappa shape index (κ3) is 4.26. The number of nitrogens with one attached hydrogen (secondary N) is 1. The van der Waals surface area contributed by atoms with E-state index in [2.05, 4.69) is 5.32 Å². The molecule has 1 saturated heterocycles. The Bertz CT molecular complexity index is 345. The second-order valence-electron chi connectivity index (χ2n) is 3.93. The summed E-state index contributed by atoms with van der Waals surface area (Å²) in [6.07, 6.45) is 3.62. The molecule has 1 rings (SSSR count). The van der Waals surface area contributed by atoms with E-state index in [0.717, 1.165) is 38.1 Å². The molecule has 1 unspecified atom stereocenters. The molecule has 0 aromatic carbocycles. The van der Waals surface area contributed by atoms with E-state index in [9.17, 15) is 14.4 Å². The minimum absolute atomic E-state index is 0.125. The van der Waals surface area contributed by atoms with Crippen LogP contribution in [0, 0.1) is 0 Å². The largest absolute Gasteiger partial charge is 0.478 e. The van der Waals surface area contributed by atoms with E-state index in [0.29, 0.717) is 0 Å². The number of nitrogens with zero attached hydrogens (tertiary/aromatic N) is 1. The summed E-state index contributed by atoms with van der Waals surface area (Å²) >= 11 is 0. The number of carboxylic acid groups (broad SMARTS) is 1. The zero-order valence-electron chi connectivity index (χ0n) is 9.68. The maximum absolute atomic E-state index is 11.8. The van der Waals surface area contributed by atoms with E-state index in [1.807, 2.05) is 0 Å². The Hall–Kier alpha value is -1.85. The van der Waals surface area contributed by atoms with Crippen molar-refractivity contribution in [2.75, 3.05) is 13.1 Å². The van der Waals surface area contributed by atoms with Crippen molar-refractivity contribution in [3.8, 4) is 0 Å². The van der Waals surface area contributed by atoms with Crippen molar-refractivity contribution in [1.82, 2.24) is 10.2 Å². The molecule has 0 spiro atoms. The molecule has 2 amide bonds. The SMILES string of the molecule is CC(NC(=O)/C=C/C(=O)O)C(=O)N1CCCC1. The standard InChI is InChI=1S/C11H16N2O4/c1-8(11(17)13-6-2-3-7-13)12-9(14)4-5-10(15)16/h4-5,8H,2-3,6-7H2,1H3,(H,12,14)(H,15,16)/b5-4+. The Morgan fingerprint density at radius 3 is 2.35 bits per heavy atom. The van der Waals surface area contributed by atoms with Gasteiger partial charge in [0.05, 0.1) is 0 Å². The number of aliphatic carboxylic acids is 1. The number of hydrogen-bond acceptors (Lipinski definition) is 3. The number of carbonyl (C=O) groups is 3. The van der Waals surface area contributed by atoms with Crippen LogP contribution in [0.1, 0.15) is 19.8 Å². The van der Waals surface area contributed by atoms with Crippen LogP contribution >= 0.6 is 0 Å². The number of carboxylic acids is 1. The van der Waals surface area contributed by atoms with Crippen LogP contribution in [-0.2, 0) is 14.4 Å². The maximum Gasteiger partial charge on any atom is 0.328 e. The van der Waals surface area contributed by atoms with Crippen LogP contribution < -0.4 is 5.32 Å². The monoisotopic (exact) mass is 240 g/mol. The summed E-state index contributed by atoms with van der Waals surface area (Å²) in [7, 11) is 0. The van der Waals surface area contributed by atoms with Gasteiger partial charge in [-0.25, -0.2) is 4.79 Å². The fourth-order valence-electron chi connectivity index (χ4n) is 1.68. The van der Waals surface area contributed by atoms with Crippen molar-refractivity contribution in [2.24, 2.45) is 0 Å². The highest BCUT2D eigenvalue weighted by Gasteiger charge is 2.23. The highest BCUT2D eigenvalue weighted by Crippen LogP contribution is 2.08. The molecule has 1 heterocycles. The van der Waals surface area contributed by atoms with Crippen LogP contribution in [0.3, 0.4) is 0 Å². The molecule has 2 N–H and O–H groups in total. The number of rotatable bonds is 4. The third-order valence-corrected chi connectivity index (χ3v) is 2.52. The Morgan fingerprint density at radius 1 is 1.24 bits per heavy atom. The minimum Gasteiger partial charge on any atom is -0.478 e. The fourth-order valence-corrected chi connectivity index (χ4v) is 1.68. The summed E-state index contributed by atoms with van der Waals surface area (Å²) in [6.45, 7) is 3.04. The topological polar surface area (TPSA) is 86.7 Å². The van der Waals surface area contributed by atoms with Gasteiger partial charge in [-0.3, -0.25) is 9.59 Å². The highest BCUT2D eigenvalue weighted by molar-refractivity contribution is 5.96. The van der Waals surface area contributed by atoms with Gasteiger partial charge in [-0.05, 0) is 19.8 Å². The first-order valence-corrected chi connectivity index (χ1v) is 5.51. The molecular weight excluding hydrogens is 224 g/mol. The smallest absolute Gasteiger partial charge is 0.328 e. The normalized spacial score (nSPS) is 17.1. The molecule has 0 bridgehead atoms. The van der Waals surface area contributed by atoms with Crippen LogP contribution in [0.2, 0.25) is 0 Å². The molecule has 6 heteroatoms. The first-order chi connectivity index (χ1) is 8.00. The minimum atomic E-state index is -1.20. The first-order valence-electron chi connectivity index (χ1n) is 5.51. The molecule has 0 radical (unpaired) electrons. The number of amides is 2. The van der Waals surface area contributed by atoms with Crippen molar-refractivity contribution in [2.45, 2.75) is 25.8 Å². The fraction of sp³-hybridized carbons (Fsp3) is 0.545. The van der Waals surface area contributed by atoms with E-state index in [1.165, 1.54) is 0 Å². The summed E-state index contributed by atoms with van der Waals surface area (Å²) in [6, 6.07) is -0.626. The second-order valence-corrected chi connectivity index (χ2v) is 3.93. The maximum atomic E-state index is 11.8. The molecule has 0 aromatic rings. The predicted molar refractivity (Wildman–Crippen MR) is 60.2 cm³/mol. The second kappa shape index (κ2) is 6.03. The van der Waals surface area contributed by atoms with E-state index in [-0.39, 0.29) is 5.91 Å². The van der Waals surface area contributed by atoms with Gasteiger partial charge < -0.3 is 15.3 Å². The number of hydrogen-bond donors (Lipinski definition) is 2. The van der Waals surface area contributed by atoms with Gasteiger partial charge in [-0.1, -0.05) is 0 Å². The van der Waals surface area contributed by atoms with Gasteiger partial charge in [0.1, 0.15) is 6.04 Å². The zero-order chi connectivity index (χ0) is 12.8. The lowest BCUT2D eigenvalue weighted by Crippen LogP contribution is -2.45. The molecule has 17 heavy (non-hydrogen) atoms.